The monoisotopic (exact) mass is 454 g/mol. The van der Waals surface area contributed by atoms with Gasteiger partial charge in [0, 0.05) is 22.8 Å². The molecule has 0 aliphatic heterocycles. The molecule has 4 bridgehead atoms. The molecular weight excluding hydrogens is 427 g/mol. The maximum atomic E-state index is 13.8. The summed E-state index contributed by atoms with van der Waals surface area (Å²) in [6.45, 7) is 1.78. The highest BCUT2D eigenvalue weighted by Crippen LogP contribution is 2.57. The molecule has 174 valence electrons. The third-order valence-electron chi connectivity index (χ3n) is 7.15. The summed E-state index contributed by atoms with van der Waals surface area (Å²) in [5.41, 5.74) is 0.156. The van der Waals surface area contributed by atoms with Crippen LogP contribution >= 0.6 is 0 Å². The van der Waals surface area contributed by atoms with Crippen molar-refractivity contribution in [1.82, 2.24) is 20.6 Å². The Morgan fingerprint density at radius 2 is 1.79 bits per heavy atom. The first-order valence-electron chi connectivity index (χ1n) is 11.2. The van der Waals surface area contributed by atoms with Gasteiger partial charge in [-0.25, -0.2) is 14.2 Å². The van der Waals surface area contributed by atoms with Gasteiger partial charge in [0.1, 0.15) is 0 Å². The van der Waals surface area contributed by atoms with E-state index in [0.717, 1.165) is 32.1 Å². The third-order valence-corrected chi connectivity index (χ3v) is 7.15. The maximum Gasteiger partial charge on any atom is 0.414 e. The molecule has 2 atom stereocenters. The van der Waals surface area contributed by atoms with E-state index in [2.05, 4.69) is 20.6 Å². The van der Waals surface area contributed by atoms with E-state index in [-0.39, 0.29) is 17.5 Å². The fraction of sp³-hybridized carbons (Fsp3) is 0.500. The number of carbonyl (C=O) groups is 2. The average molecular weight is 455 g/mol. The zero-order valence-corrected chi connectivity index (χ0v) is 18.7. The molecular formula is C24H27FN4O4. The van der Waals surface area contributed by atoms with Crippen molar-refractivity contribution in [3.8, 4) is 11.6 Å². The summed E-state index contributed by atoms with van der Waals surface area (Å²) < 4.78 is 24.2. The molecule has 6 rings (SSSR count). The van der Waals surface area contributed by atoms with Crippen molar-refractivity contribution >= 4 is 12.0 Å². The number of aryl methyl sites for hydroxylation is 1. The molecule has 4 aliphatic carbocycles. The van der Waals surface area contributed by atoms with E-state index in [1.54, 1.807) is 13.1 Å². The topological polar surface area (TPSA) is 102 Å². The van der Waals surface area contributed by atoms with Crippen LogP contribution in [0.4, 0.5) is 9.18 Å². The van der Waals surface area contributed by atoms with Crippen LogP contribution in [-0.2, 0) is 0 Å². The minimum absolute atomic E-state index is 0.0355. The summed E-state index contributed by atoms with van der Waals surface area (Å²) in [5, 5.41) is 6.34. The molecule has 4 fully saturated rings. The highest BCUT2D eigenvalue weighted by molar-refractivity contribution is 5.95. The quantitative estimate of drug-likeness (QED) is 0.717. The number of nitrogens with zero attached hydrogens (tertiary/aromatic N) is 2. The van der Waals surface area contributed by atoms with Gasteiger partial charge in [0.15, 0.2) is 11.6 Å². The minimum atomic E-state index is -0.554. The molecule has 2 unspecified atom stereocenters. The highest BCUT2D eigenvalue weighted by atomic mass is 19.1. The number of methoxy groups -OCH3 is 1. The zero-order chi connectivity index (χ0) is 23.2. The van der Waals surface area contributed by atoms with Crippen molar-refractivity contribution in [3.05, 3.63) is 47.7 Å². The van der Waals surface area contributed by atoms with Crippen molar-refractivity contribution in [1.29, 1.82) is 0 Å². The summed E-state index contributed by atoms with van der Waals surface area (Å²) in [4.78, 5) is 34.0. The Kier molecular flexibility index (Phi) is 5.22. The first kappa shape index (κ1) is 21.6. The molecule has 8 nitrogen and oxygen atoms in total. The third kappa shape index (κ3) is 4.24. The Bertz CT molecular complexity index is 1090. The number of halogens is 1. The number of nitrogens with one attached hydrogen (secondary N) is 2. The lowest BCUT2D eigenvalue weighted by atomic mass is 9.50. The van der Waals surface area contributed by atoms with Gasteiger partial charge < -0.3 is 20.1 Å². The smallest absolute Gasteiger partial charge is 0.414 e. The van der Waals surface area contributed by atoms with Gasteiger partial charge in [-0.15, -0.1) is 0 Å². The van der Waals surface area contributed by atoms with Gasteiger partial charge in [-0.1, -0.05) is 0 Å². The molecule has 1 heterocycles. The summed E-state index contributed by atoms with van der Waals surface area (Å²) in [5.74, 6) is 0.243. The van der Waals surface area contributed by atoms with Crippen LogP contribution in [0, 0.1) is 24.6 Å². The van der Waals surface area contributed by atoms with Crippen molar-refractivity contribution < 1.29 is 23.5 Å². The van der Waals surface area contributed by atoms with Crippen molar-refractivity contribution in [2.45, 2.75) is 56.5 Å². The predicted molar refractivity (Wildman–Crippen MR) is 116 cm³/mol. The molecule has 9 heteroatoms. The lowest BCUT2D eigenvalue weighted by molar-refractivity contribution is -0.0449. The normalized spacial score (nSPS) is 29.4. The molecule has 0 saturated heterocycles. The number of ether oxygens (including phenoxy) is 2. The predicted octanol–water partition coefficient (Wildman–Crippen LogP) is 3.54. The van der Waals surface area contributed by atoms with E-state index < -0.39 is 23.0 Å². The van der Waals surface area contributed by atoms with Crippen LogP contribution in [0.5, 0.6) is 11.6 Å². The van der Waals surface area contributed by atoms with Crippen LogP contribution in [0.25, 0.3) is 0 Å². The van der Waals surface area contributed by atoms with Crippen LogP contribution in [0.2, 0.25) is 0 Å². The van der Waals surface area contributed by atoms with Gasteiger partial charge in [-0.3, -0.25) is 9.78 Å². The summed E-state index contributed by atoms with van der Waals surface area (Å²) in [6, 6.07) is 4.11. The second-order valence-electron chi connectivity index (χ2n) is 9.84. The maximum absolute atomic E-state index is 13.8. The van der Waals surface area contributed by atoms with E-state index in [0.29, 0.717) is 29.5 Å². The molecule has 2 aromatic rings. The summed E-state index contributed by atoms with van der Waals surface area (Å²) in [7, 11) is 1.37. The van der Waals surface area contributed by atoms with Crippen LogP contribution < -0.4 is 20.1 Å². The largest absolute Gasteiger partial charge is 0.494 e. The Morgan fingerprint density at radius 1 is 1.09 bits per heavy atom. The number of carbonyl (C=O) groups excluding carboxylic acids is 2. The second-order valence-corrected chi connectivity index (χ2v) is 9.84. The number of amides is 2. The molecule has 4 saturated carbocycles. The summed E-state index contributed by atoms with van der Waals surface area (Å²) >= 11 is 0. The molecule has 4 aliphatic rings. The van der Waals surface area contributed by atoms with Gasteiger partial charge in [-0.2, -0.15) is 0 Å². The van der Waals surface area contributed by atoms with E-state index in [1.807, 2.05) is 0 Å². The number of hydrogen-bond acceptors (Lipinski definition) is 6. The van der Waals surface area contributed by atoms with E-state index in [4.69, 9.17) is 9.47 Å². The van der Waals surface area contributed by atoms with E-state index >= 15 is 0 Å². The number of rotatable bonds is 5. The standard InChI is InChI=1S/C24H27FN4O4/c1-14-11-26-12-20(27-14)33-22(31)29-24-9-15-5-16(10-24)8-23(7-15,13-24)28-21(30)17-3-4-18(25)19(6-17)32-2/h3-4,6,11-12,15-16H,5,7-10,13H2,1-2H3,(H,28,30)(H,29,31). The lowest BCUT2D eigenvalue weighted by Gasteiger charge is -2.62. The molecule has 33 heavy (non-hydrogen) atoms. The minimum Gasteiger partial charge on any atom is -0.494 e. The Labute approximate surface area is 191 Å². The van der Waals surface area contributed by atoms with E-state index in [1.165, 1.54) is 31.5 Å². The Hall–Kier alpha value is -3.23. The van der Waals surface area contributed by atoms with Gasteiger partial charge in [0.05, 0.1) is 19.0 Å². The van der Waals surface area contributed by atoms with Crippen molar-refractivity contribution in [2.75, 3.05) is 7.11 Å². The highest BCUT2D eigenvalue weighted by Gasteiger charge is 2.59. The fourth-order valence-electron chi connectivity index (χ4n) is 6.50. The average Bonchev–Trinajstić information content (AvgIpc) is 2.72. The van der Waals surface area contributed by atoms with Crippen molar-refractivity contribution in [3.63, 3.8) is 0 Å². The lowest BCUT2D eigenvalue weighted by Crippen LogP contribution is -2.70. The van der Waals surface area contributed by atoms with Crippen LogP contribution in [0.1, 0.15) is 54.6 Å². The molecule has 0 radical (unpaired) electrons. The molecule has 2 amide bonds. The van der Waals surface area contributed by atoms with Crippen molar-refractivity contribution in [2.24, 2.45) is 11.8 Å². The molecule has 0 spiro atoms. The Morgan fingerprint density at radius 3 is 2.45 bits per heavy atom. The zero-order valence-electron chi connectivity index (χ0n) is 18.7. The number of hydrogen-bond donors (Lipinski definition) is 2. The molecule has 1 aromatic heterocycles. The van der Waals surface area contributed by atoms with Gasteiger partial charge in [0.2, 0.25) is 5.88 Å². The number of benzene rings is 1. The van der Waals surface area contributed by atoms with Crippen LogP contribution in [-0.4, -0.2) is 40.2 Å². The van der Waals surface area contributed by atoms with Crippen LogP contribution in [0.3, 0.4) is 0 Å². The second kappa shape index (κ2) is 7.97. The number of aromatic nitrogens is 2. The Balaban J connectivity index is 1.32. The molecule has 2 N–H and O–H groups in total. The molecule has 1 aromatic carbocycles. The first-order chi connectivity index (χ1) is 15.8. The summed E-state index contributed by atoms with van der Waals surface area (Å²) in [6.07, 6.45) is 7.64. The van der Waals surface area contributed by atoms with Gasteiger partial charge in [-0.05, 0) is 75.5 Å². The SMILES string of the molecule is COc1cc(C(=O)NC23CC4CC(CC(NC(=O)Oc5cncc(C)n5)(C4)C2)C3)ccc1F. The fourth-order valence-corrected chi connectivity index (χ4v) is 6.50. The van der Waals surface area contributed by atoms with Crippen LogP contribution in [0.15, 0.2) is 30.6 Å². The first-order valence-corrected chi connectivity index (χ1v) is 11.2. The van der Waals surface area contributed by atoms with Gasteiger partial charge >= 0.3 is 6.09 Å². The van der Waals surface area contributed by atoms with E-state index in [9.17, 15) is 14.0 Å². The van der Waals surface area contributed by atoms with Gasteiger partial charge in [0.25, 0.3) is 5.91 Å².